The lowest BCUT2D eigenvalue weighted by atomic mass is 10.1. The fraction of sp³-hybridized carbons (Fsp3) is 0.462. The third-order valence-corrected chi connectivity index (χ3v) is 3.29. The van der Waals surface area contributed by atoms with E-state index >= 15 is 0 Å². The van der Waals surface area contributed by atoms with Crippen LogP contribution in [0.25, 0.3) is 0 Å². The predicted molar refractivity (Wildman–Crippen MR) is 65.9 cm³/mol. The van der Waals surface area contributed by atoms with Gasteiger partial charge in [-0.05, 0) is 37.8 Å². The Morgan fingerprint density at radius 2 is 2.24 bits per heavy atom. The number of carbonyl (C=O) groups is 1. The van der Waals surface area contributed by atoms with E-state index in [4.69, 9.17) is 5.73 Å². The Bertz CT molecular complexity index is 431. The molecule has 4 nitrogen and oxygen atoms in total. The zero-order chi connectivity index (χ0) is 12.4. The molecular weight excluding hydrogens is 216 g/mol. The van der Waals surface area contributed by atoms with Crippen molar-refractivity contribution >= 4 is 5.91 Å². The van der Waals surface area contributed by atoms with Gasteiger partial charge in [0.05, 0.1) is 5.56 Å². The third kappa shape index (κ3) is 2.58. The summed E-state index contributed by atoms with van der Waals surface area (Å²) in [4.78, 5) is 12.0. The first kappa shape index (κ1) is 11.9. The second kappa shape index (κ2) is 4.75. The van der Waals surface area contributed by atoms with E-state index in [2.05, 4.69) is 5.32 Å². The van der Waals surface area contributed by atoms with Gasteiger partial charge in [0.2, 0.25) is 0 Å². The Hall–Kier alpha value is -1.55. The number of para-hydroxylation sites is 1. The molecule has 17 heavy (non-hydrogen) atoms. The van der Waals surface area contributed by atoms with Crippen molar-refractivity contribution in [2.75, 3.05) is 0 Å². The summed E-state index contributed by atoms with van der Waals surface area (Å²) in [6, 6.07) is 5.50. The van der Waals surface area contributed by atoms with Gasteiger partial charge in [0.25, 0.3) is 5.91 Å². The summed E-state index contributed by atoms with van der Waals surface area (Å²) in [5.74, 6) is -0.155. The highest BCUT2D eigenvalue weighted by molar-refractivity contribution is 5.97. The summed E-state index contributed by atoms with van der Waals surface area (Å²) in [5, 5.41) is 12.7. The first-order valence-electron chi connectivity index (χ1n) is 5.93. The van der Waals surface area contributed by atoms with Gasteiger partial charge in [-0.15, -0.1) is 0 Å². The van der Waals surface area contributed by atoms with E-state index in [1.807, 2.05) is 0 Å². The number of nitrogens with two attached hydrogens (primary N) is 1. The van der Waals surface area contributed by atoms with Crippen LogP contribution in [0.4, 0.5) is 0 Å². The summed E-state index contributed by atoms with van der Waals surface area (Å²) in [6.45, 7) is 1.78. The van der Waals surface area contributed by atoms with E-state index in [0.29, 0.717) is 11.1 Å². The smallest absolute Gasteiger partial charge is 0.255 e. The lowest BCUT2D eigenvalue weighted by Gasteiger charge is -2.13. The second-order valence-electron chi connectivity index (χ2n) is 4.71. The number of rotatable bonds is 2. The van der Waals surface area contributed by atoms with E-state index in [-0.39, 0.29) is 23.7 Å². The van der Waals surface area contributed by atoms with Gasteiger partial charge in [0, 0.05) is 12.1 Å². The van der Waals surface area contributed by atoms with Crippen LogP contribution in [-0.2, 0) is 0 Å². The molecule has 0 bridgehead atoms. The molecule has 0 heterocycles. The predicted octanol–water partition coefficient (Wildman–Crippen LogP) is 1.31. The van der Waals surface area contributed by atoms with E-state index in [9.17, 15) is 9.90 Å². The molecule has 1 aromatic carbocycles. The molecule has 0 radical (unpaired) electrons. The highest BCUT2D eigenvalue weighted by Gasteiger charge is 2.24. The van der Waals surface area contributed by atoms with E-state index in [0.717, 1.165) is 19.3 Å². The summed E-state index contributed by atoms with van der Waals surface area (Å²) in [6.07, 6.45) is 2.68. The summed E-state index contributed by atoms with van der Waals surface area (Å²) >= 11 is 0. The van der Waals surface area contributed by atoms with Crippen molar-refractivity contribution in [1.82, 2.24) is 5.32 Å². The first-order chi connectivity index (χ1) is 8.08. The van der Waals surface area contributed by atoms with Crippen LogP contribution in [0.3, 0.4) is 0 Å². The monoisotopic (exact) mass is 234 g/mol. The van der Waals surface area contributed by atoms with Crippen LogP contribution in [0.5, 0.6) is 5.75 Å². The van der Waals surface area contributed by atoms with Crippen molar-refractivity contribution in [1.29, 1.82) is 0 Å². The molecule has 4 heteroatoms. The van der Waals surface area contributed by atoms with Crippen LogP contribution >= 0.6 is 0 Å². The van der Waals surface area contributed by atoms with E-state index < -0.39 is 0 Å². The van der Waals surface area contributed by atoms with Crippen molar-refractivity contribution in [2.24, 2.45) is 5.73 Å². The van der Waals surface area contributed by atoms with Crippen molar-refractivity contribution in [3.05, 3.63) is 29.3 Å². The summed E-state index contributed by atoms with van der Waals surface area (Å²) in [7, 11) is 0. The molecule has 4 N–H and O–H groups in total. The Labute approximate surface area is 101 Å². The fourth-order valence-corrected chi connectivity index (χ4v) is 2.25. The topological polar surface area (TPSA) is 75.4 Å². The Kier molecular flexibility index (Phi) is 3.33. The van der Waals surface area contributed by atoms with Crippen molar-refractivity contribution in [2.45, 2.75) is 38.3 Å². The molecule has 2 rings (SSSR count). The average Bonchev–Trinajstić information content (AvgIpc) is 2.68. The van der Waals surface area contributed by atoms with Gasteiger partial charge in [-0.2, -0.15) is 0 Å². The summed E-state index contributed by atoms with van der Waals surface area (Å²) in [5.41, 5.74) is 6.84. The van der Waals surface area contributed by atoms with Gasteiger partial charge < -0.3 is 16.2 Å². The quantitative estimate of drug-likeness (QED) is 0.722. The van der Waals surface area contributed by atoms with Gasteiger partial charge in [0.15, 0.2) is 0 Å². The molecule has 1 aromatic rings. The molecule has 0 unspecified atom stereocenters. The van der Waals surface area contributed by atoms with Gasteiger partial charge in [-0.3, -0.25) is 4.79 Å². The zero-order valence-electron chi connectivity index (χ0n) is 9.94. The van der Waals surface area contributed by atoms with Crippen LogP contribution in [0.1, 0.15) is 35.2 Å². The van der Waals surface area contributed by atoms with Crippen LogP contribution in [0.2, 0.25) is 0 Å². The molecular formula is C13H18N2O2. The summed E-state index contributed by atoms with van der Waals surface area (Å²) < 4.78 is 0. The van der Waals surface area contributed by atoms with Gasteiger partial charge >= 0.3 is 0 Å². The van der Waals surface area contributed by atoms with Gasteiger partial charge in [-0.1, -0.05) is 12.1 Å². The van der Waals surface area contributed by atoms with Gasteiger partial charge in [-0.25, -0.2) is 0 Å². The van der Waals surface area contributed by atoms with Crippen LogP contribution in [0, 0.1) is 6.92 Å². The molecule has 1 fully saturated rings. The number of phenolic OH excluding ortho intramolecular Hbond substituents is 1. The highest BCUT2D eigenvalue weighted by atomic mass is 16.3. The molecule has 1 aliphatic rings. The standard InChI is InChI=1S/C13H18N2O2/c1-8-3-2-4-11(12(8)16)13(17)15-10-6-5-9(14)7-10/h2-4,9-10,16H,5-7,14H2,1H3,(H,15,17)/t9-,10-/m1/s1. The Balaban J connectivity index is 2.07. The number of benzene rings is 1. The highest BCUT2D eigenvalue weighted by Crippen LogP contribution is 2.23. The first-order valence-corrected chi connectivity index (χ1v) is 5.93. The number of phenols is 1. The number of hydrogen-bond donors (Lipinski definition) is 3. The number of aromatic hydroxyl groups is 1. The maximum absolute atomic E-state index is 12.0. The number of hydrogen-bond acceptors (Lipinski definition) is 3. The Morgan fingerprint density at radius 3 is 2.88 bits per heavy atom. The lowest BCUT2D eigenvalue weighted by Crippen LogP contribution is -2.34. The van der Waals surface area contributed by atoms with Crippen LogP contribution in [0.15, 0.2) is 18.2 Å². The molecule has 0 aromatic heterocycles. The van der Waals surface area contributed by atoms with Crippen LogP contribution in [-0.4, -0.2) is 23.1 Å². The maximum atomic E-state index is 12.0. The average molecular weight is 234 g/mol. The van der Waals surface area contributed by atoms with Crippen molar-refractivity contribution in [3.63, 3.8) is 0 Å². The number of aryl methyl sites for hydroxylation is 1. The largest absolute Gasteiger partial charge is 0.507 e. The molecule has 92 valence electrons. The molecule has 2 atom stereocenters. The Morgan fingerprint density at radius 1 is 1.47 bits per heavy atom. The molecule has 1 aliphatic carbocycles. The normalized spacial score (nSPS) is 23.6. The van der Waals surface area contributed by atoms with Crippen LogP contribution < -0.4 is 11.1 Å². The van der Waals surface area contributed by atoms with E-state index in [1.54, 1.807) is 25.1 Å². The second-order valence-corrected chi connectivity index (χ2v) is 4.71. The molecule has 1 amide bonds. The van der Waals surface area contributed by atoms with Crippen molar-refractivity contribution in [3.8, 4) is 5.75 Å². The van der Waals surface area contributed by atoms with Crippen molar-refractivity contribution < 1.29 is 9.90 Å². The third-order valence-electron chi connectivity index (χ3n) is 3.29. The fourth-order valence-electron chi connectivity index (χ4n) is 2.25. The number of amides is 1. The minimum Gasteiger partial charge on any atom is -0.507 e. The maximum Gasteiger partial charge on any atom is 0.255 e. The number of nitrogens with one attached hydrogen (secondary N) is 1. The minimum atomic E-state index is -0.217. The number of carbonyl (C=O) groups excluding carboxylic acids is 1. The SMILES string of the molecule is Cc1cccc(C(=O)N[C@@H]2CC[C@@H](N)C2)c1O. The minimum absolute atomic E-state index is 0.0623. The lowest BCUT2D eigenvalue weighted by molar-refractivity contribution is 0.0935. The molecule has 1 saturated carbocycles. The molecule has 0 aliphatic heterocycles. The zero-order valence-corrected chi connectivity index (χ0v) is 9.94. The molecule has 0 spiro atoms. The van der Waals surface area contributed by atoms with E-state index in [1.165, 1.54) is 0 Å². The molecule has 0 saturated heterocycles. The van der Waals surface area contributed by atoms with Gasteiger partial charge in [0.1, 0.15) is 5.75 Å².